The van der Waals surface area contributed by atoms with Gasteiger partial charge in [0.25, 0.3) is 0 Å². The van der Waals surface area contributed by atoms with Gasteiger partial charge in [-0.2, -0.15) is 5.26 Å². The van der Waals surface area contributed by atoms with Crippen LogP contribution < -0.4 is 5.32 Å². The molecule has 3 rings (SSSR count). The third-order valence-corrected chi connectivity index (χ3v) is 3.37. The molecular weight excluding hydrogens is 224 g/mol. The van der Waals surface area contributed by atoms with E-state index in [1.807, 2.05) is 18.2 Å². The minimum atomic E-state index is -0.342. The molecule has 1 fully saturated rings. The molecule has 1 saturated heterocycles. The van der Waals surface area contributed by atoms with Gasteiger partial charge in [-0.3, -0.25) is 0 Å². The van der Waals surface area contributed by atoms with Crippen LogP contribution >= 0.6 is 0 Å². The van der Waals surface area contributed by atoms with E-state index in [4.69, 9.17) is 10.00 Å². The van der Waals surface area contributed by atoms with E-state index in [1.54, 1.807) is 0 Å². The Morgan fingerprint density at radius 1 is 1.17 bits per heavy atom. The predicted molar refractivity (Wildman–Crippen MR) is 71.3 cm³/mol. The molecule has 0 amide bonds. The predicted octanol–water partition coefficient (Wildman–Crippen LogP) is 2.79. The summed E-state index contributed by atoms with van der Waals surface area (Å²) >= 11 is 0. The van der Waals surface area contributed by atoms with Crippen molar-refractivity contribution >= 4 is 16.5 Å². The summed E-state index contributed by atoms with van der Waals surface area (Å²) in [5.41, 5.74) is 0.710. The largest absolute Gasteiger partial charge is 0.383 e. The zero-order valence-corrected chi connectivity index (χ0v) is 10.0. The van der Waals surface area contributed by atoms with Crippen LogP contribution in [0.1, 0.15) is 0 Å². The maximum Gasteiger partial charge on any atom is 0.121 e. The number of fused-ring (bicyclic) bond motifs is 1. The highest BCUT2D eigenvalue weighted by molar-refractivity contribution is 5.85. The van der Waals surface area contributed by atoms with Gasteiger partial charge in [-0.15, -0.1) is 0 Å². The normalized spacial score (nSPS) is 16.8. The van der Waals surface area contributed by atoms with Gasteiger partial charge in [0, 0.05) is 12.2 Å². The van der Waals surface area contributed by atoms with E-state index in [9.17, 15) is 0 Å². The summed E-state index contributed by atoms with van der Waals surface area (Å²) in [5.74, 6) is 0. The van der Waals surface area contributed by atoms with Crippen molar-refractivity contribution < 1.29 is 4.74 Å². The number of ether oxygens (including phenoxy) is 1. The Bertz CT molecular complexity index is 611. The fourth-order valence-corrected chi connectivity index (χ4v) is 2.13. The number of nitrogens with one attached hydrogen (secondary N) is 1. The van der Waals surface area contributed by atoms with E-state index < -0.39 is 0 Å². The molecule has 0 radical (unpaired) electrons. The molecule has 2 aromatic carbocycles. The molecule has 0 aliphatic carbocycles. The van der Waals surface area contributed by atoms with E-state index in [0.29, 0.717) is 19.8 Å². The lowest BCUT2D eigenvalue weighted by atomic mass is 9.88. The van der Waals surface area contributed by atoms with E-state index >= 15 is 0 Å². The summed E-state index contributed by atoms with van der Waals surface area (Å²) in [6.45, 7) is 1.70. The molecule has 18 heavy (non-hydrogen) atoms. The van der Waals surface area contributed by atoms with Gasteiger partial charge in [0.1, 0.15) is 5.41 Å². The van der Waals surface area contributed by atoms with Crippen LogP contribution in [-0.2, 0) is 4.74 Å². The molecule has 3 nitrogen and oxygen atoms in total. The standard InChI is InChI=1S/C15H14N2O/c16-8-15(10-18-11-15)9-17-14-6-5-12-3-1-2-4-13(12)7-14/h1-7,17H,9-11H2. The van der Waals surface area contributed by atoms with Gasteiger partial charge in [-0.1, -0.05) is 30.3 Å². The third-order valence-electron chi connectivity index (χ3n) is 3.37. The van der Waals surface area contributed by atoms with Crippen molar-refractivity contribution in [3.05, 3.63) is 42.5 Å². The first-order chi connectivity index (χ1) is 8.81. The van der Waals surface area contributed by atoms with E-state index in [-0.39, 0.29) is 5.41 Å². The summed E-state index contributed by atoms with van der Waals surface area (Å²) in [6.07, 6.45) is 0. The zero-order valence-electron chi connectivity index (χ0n) is 10.0. The highest BCUT2D eigenvalue weighted by Gasteiger charge is 2.38. The van der Waals surface area contributed by atoms with Crippen LogP contribution in [0.5, 0.6) is 0 Å². The van der Waals surface area contributed by atoms with Crippen LogP contribution in [0.25, 0.3) is 10.8 Å². The Morgan fingerprint density at radius 2 is 1.94 bits per heavy atom. The molecular formula is C15H14N2O. The average Bonchev–Trinajstić information content (AvgIpc) is 2.38. The monoisotopic (exact) mass is 238 g/mol. The van der Waals surface area contributed by atoms with Gasteiger partial charge in [-0.25, -0.2) is 0 Å². The van der Waals surface area contributed by atoms with Gasteiger partial charge in [0.15, 0.2) is 0 Å². The van der Waals surface area contributed by atoms with Crippen molar-refractivity contribution in [2.75, 3.05) is 25.1 Å². The Kier molecular flexibility index (Phi) is 2.66. The quantitative estimate of drug-likeness (QED) is 0.894. The van der Waals surface area contributed by atoms with E-state index in [2.05, 4.69) is 35.7 Å². The van der Waals surface area contributed by atoms with Crippen molar-refractivity contribution in [2.24, 2.45) is 5.41 Å². The van der Waals surface area contributed by atoms with E-state index in [0.717, 1.165) is 5.69 Å². The first-order valence-corrected chi connectivity index (χ1v) is 6.03. The number of anilines is 1. The van der Waals surface area contributed by atoms with Crippen molar-refractivity contribution in [1.29, 1.82) is 5.26 Å². The smallest absolute Gasteiger partial charge is 0.121 e. The Balaban J connectivity index is 1.77. The van der Waals surface area contributed by atoms with Crippen molar-refractivity contribution in [2.45, 2.75) is 0 Å². The lowest BCUT2D eigenvalue weighted by molar-refractivity contribution is -0.0690. The highest BCUT2D eigenvalue weighted by atomic mass is 16.5. The molecule has 1 N–H and O–H groups in total. The zero-order chi connectivity index (χ0) is 12.4. The summed E-state index contributed by atoms with van der Waals surface area (Å²) in [4.78, 5) is 0. The molecule has 0 atom stereocenters. The number of hydrogen-bond acceptors (Lipinski definition) is 3. The Labute approximate surface area is 106 Å². The Morgan fingerprint density at radius 3 is 2.61 bits per heavy atom. The van der Waals surface area contributed by atoms with Crippen LogP contribution in [0.2, 0.25) is 0 Å². The average molecular weight is 238 g/mol. The molecule has 1 heterocycles. The van der Waals surface area contributed by atoms with Gasteiger partial charge >= 0.3 is 0 Å². The molecule has 90 valence electrons. The molecule has 1 aliphatic rings. The van der Waals surface area contributed by atoms with Gasteiger partial charge in [-0.05, 0) is 22.9 Å². The molecule has 0 spiro atoms. The van der Waals surface area contributed by atoms with E-state index in [1.165, 1.54) is 10.8 Å². The SMILES string of the molecule is N#CC1(CNc2ccc3ccccc3c2)COC1. The first kappa shape index (κ1) is 11.1. The van der Waals surface area contributed by atoms with Gasteiger partial charge in [0.2, 0.25) is 0 Å². The second kappa shape index (κ2) is 4.32. The van der Waals surface area contributed by atoms with Crippen molar-refractivity contribution in [3.63, 3.8) is 0 Å². The number of nitrogens with zero attached hydrogens (tertiary/aromatic N) is 1. The summed E-state index contributed by atoms with van der Waals surface area (Å²) in [7, 11) is 0. The number of benzene rings is 2. The minimum Gasteiger partial charge on any atom is -0.383 e. The lowest BCUT2D eigenvalue weighted by Crippen LogP contribution is -2.46. The van der Waals surface area contributed by atoms with Crippen LogP contribution in [0.3, 0.4) is 0 Å². The number of hydrogen-bond donors (Lipinski definition) is 1. The molecule has 2 aromatic rings. The molecule has 0 aromatic heterocycles. The van der Waals surface area contributed by atoms with Gasteiger partial charge < -0.3 is 10.1 Å². The summed E-state index contributed by atoms with van der Waals surface area (Å²) in [6, 6.07) is 16.8. The fourth-order valence-electron chi connectivity index (χ4n) is 2.13. The Hall–Kier alpha value is -2.05. The van der Waals surface area contributed by atoms with Gasteiger partial charge in [0.05, 0.1) is 19.3 Å². The second-order valence-electron chi connectivity index (χ2n) is 4.80. The first-order valence-electron chi connectivity index (χ1n) is 6.03. The topological polar surface area (TPSA) is 45.0 Å². The molecule has 1 aliphatic heterocycles. The molecule has 0 saturated carbocycles. The molecule has 0 unspecified atom stereocenters. The van der Waals surface area contributed by atoms with Crippen LogP contribution in [-0.4, -0.2) is 19.8 Å². The summed E-state index contributed by atoms with van der Waals surface area (Å²) < 4.78 is 5.13. The third kappa shape index (κ3) is 1.92. The van der Waals surface area contributed by atoms with Crippen molar-refractivity contribution in [3.8, 4) is 6.07 Å². The second-order valence-corrected chi connectivity index (χ2v) is 4.80. The fraction of sp³-hybridized carbons (Fsp3) is 0.267. The minimum absolute atomic E-state index is 0.342. The van der Waals surface area contributed by atoms with Crippen LogP contribution in [0.15, 0.2) is 42.5 Å². The van der Waals surface area contributed by atoms with Crippen LogP contribution in [0, 0.1) is 16.7 Å². The highest BCUT2D eigenvalue weighted by Crippen LogP contribution is 2.27. The maximum absolute atomic E-state index is 9.12. The number of rotatable bonds is 3. The molecule has 3 heteroatoms. The number of nitriles is 1. The molecule has 0 bridgehead atoms. The van der Waals surface area contributed by atoms with Crippen molar-refractivity contribution in [1.82, 2.24) is 0 Å². The lowest BCUT2D eigenvalue weighted by Gasteiger charge is -2.35. The maximum atomic E-state index is 9.12. The summed E-state index contributed by atoms with van der Waals surface area (Å²) in [5, 5.41) is 14.9. The van der Waals surface area contributed by atoms with Crippen LogP contribution in [0.4, 0.5) is 5.69 Å².